The minimum atomic E-state index is -3.95. The van der Waals surface area contributed by atoms with Crippen LogP contribution < -0.4 is 10.2 Å². The van der Waals surface area contributed by atoms with Crippen LogP contribution in [0.25, 0.3) is 0 Å². The number of β-amino-alcohol motifs (C(OH)–C–C–N with tert-alkyl or cyclic N) is 1. The topological polar surface area (TPSA) is 158 Å². The van der Waals surface area contributed by atoms with Crippen LogP contribution >= 0.6 is 0 Å². The molecular weight excluding hydrogens is 528 g/mol. The van der Waals surface area contributed by atoms with E-state index < -0.39 is 21.9 Å². The highest BCUT2D eigenvalue weighted by molar-refractivity contribution is 7.89. The maximum atomic E-state index is 13.6. The van der Waals surface area contributed by atoms with Gasteiger partial charge in [0, 0.05) is 38.3 Å². The molecule has 0 spiro atoms. The first-order chi connectivity index (χ1) is 18.6. The number of carbonyl (C=O) groups is 3. The standard InChI is InChI=1S/C26H36N4O8S/c1-4-7-22-21(17-32)19(5-2)24(26(34)35)30(22)27-25(33)20-16-18(8-9-23(20)38-6-3)39(36,37)29-12-10-28(11-13-29)14-15-31/h8-9,16-17,31H,4-7,10-15H2,1-3H3,(H,27,33)(H,34,35). The molecule has 0 aliphatic carbocycles. The van der Waals surface area contributed by atoms with Crippen molar-refractivity contribution in [3.8, 4) is 5.75 Å². The Balaban J connectivity index is 2.03. The summed E-state index contributed by atoms with van der Waals surface area (Å²) >= 11 is 0. The van der Waals surface area contributed by atoms with Gasteiger partial charge in [-0.05, 0) is 43.5 Å². The fourth-order valence-corrected chi connectivity index (χ4v) is 6.24. The summed E-state index contributed by atoms with van der Waals surface area (Å²) in [4.78, 5) is 39.5. The Hall–Kier alpha value is -3.26. The van der Waals surface area contributed by atoms with Crippen LogP contribution in [0.3, 0.4) is 0 Å². The highest BCUT2D eigenvalue weighted by Crippen LogP contribution is 2.28. The van der Waals surface area contributed by atoms with Gasteiger partial charge in [-0.15, -0.1) is 0 Å². The summed E-state index contributed by atoms with van der Waals surface area (Å²) in [6.45, 7) is 7.37. The summed E-state index contributed by atoms with van der Waals surface area (Å²) in [5.74, 6) is -1.95. The molecule has 1 saturated heterocycles. The number of benzene rings is 1. The molecule has 3 rings (SSSR count). The molecule has 0 atom stereocenters. The van der Waals surface area contributed by atoms with Gasteiger partial charge in [0.25, 0.3) is 5.91 Å². The normalized spacial score (nSPS) is 14.8. The molecule has 13 heteroatoms. The lowest BCUT2D eigenvalue weighted by Gasteiger charge is -2.33. The molecule has 1 amide bonds. The minimum absolute atomic E-state index is 0.0108. The summed E-state index contributed by atoms with van der Waals surface area (Å²) in [6.07, 6.45) is 1.78. The van der Waals surface area contributed by atoms with Crippen LogP contribution in [0.2, 0.25) is 0 Å². The van der Waals surface area contributed by atoms with Crippen LogP contribution in [0.1, 0.15) is 69.7 Å². The number of hydrogen-bond acceptors (Lipinski definition) is 8. The SMILES string of the molecule is CCCc1c(C=O)c(CC)c(C(=O)O)n1NC(=O)c1cc(S(=O)(=O)N2CCN(CCO)CC2)ccc1OCC. The Bertz CT molecular complexity index is 1310. The predicted molar refractivity (Wildman–Crippen MR) is 144 cm³/mol. The maximum absolute atomic E-state index is 13.6. The molecule has 1 fully saturated rings. The molecule has 1 aromatic heterocycles. The molecule has 2 aromatic rings. The number of rotatable bonds is 13. The molecule has 214 valence electrons. The number of ether oxygens (including phenoxy) is 1. The molecule has 3 N–H and O–H groups in total. The van der Waals surface area contributed by atoms with E-state index in [1.807, 2.05) is 11.8 Å². The number of nitrogens with zero attached hydrogens (tertiary/aromatic N) is 3. The lowest BCUT2D eigenvalue weighted by molar-refractivity contribution is 0.0685. The molecule has 1 aromatic carbocycles. The molecular formula is C26H36N4O8S. The Kier molecular flexibility index (Phi) is 10.2. The highest BCUT2D eigenvalue weighted by atomic mass is 32.2. The average Bonchev–Trinajstić information content (AvgIpc) is 3.21. The van der Waals surface area contributed by atoms with Gasteiger partial charge in [0.05, 0.1) is 29.4 Å². The Morgan fingerprint density at radius 3 is 2.36 bits per heavy atom. The van der Waals surface area contributed by atoms with Gasteiger partial charge >= 0.3 is 5.97 Å². The lowest BCUT2D eigenvalue weighted by Crippen LogP contribution is -2.49. The average molecular weight is 565 g/mol. The van der Waals surface area contributed by atoms with Crippen LogP contribution in [-0.2, 0) is 22.9 Å². The number of aromatic nitrogens is 1. The Labute approximate surface area is 228 Å². The Morgan fingerprint density at radius 2 is 1.82 bits per heavy atom. The van der Waals surface area contributed by atoms with Gasteiger partial charge < -0.3 is 14.9 Å². The summed E-state index contributed by atoms with van der Waals surface area (Å²) in [5.41, 5.74) is 3.16. The van der Waals surface area contributed by atoms with E-state index in [4.69, 9.17) is 9.84 Å². The number of carboxylic acid groups (broad SMARTS) is 1. The largest absolute Gasteiger partial charge is 0.493 e. The third-order valence-electron chi connectivity index (χ3n) is 6.67. The van der Waals surface area contributed by atoms with E-state index in [-0.39, 0.29) is 60.2 Å². The van der Waals surface area contributed by atoms with Crippen molar-refractivity contribution in [1.29, 1.82) is 0 Å². The molecule has 0 bridgehead atoms. The minimum Gasteiger partial charge on any atom is -0.493 e. The van der Waals surface area contributed by atoms with Gasteiger partial charge in [-0.2, -0.15) is 4.31 Å². The van der Waals surface area contributed by atoms with Gasteiger partial charge in [0.1, 0.15) is 5.75 Å². The van der Waals surface area contributed by atoms with Crippen LogP contribution in [-0.4, -0.2) is 96.6 Å². The number of aldehydes is 1. The van der Waals surface area contributed by atoms with Gasteiger partial charge in [-0.25, -0.2) is 17.9 Å². The van der Waals surface area contributed by atoms with Crippen molar-refractivity contribution in [3.63, 3.8) is 0 Å². The number of aliphatic hydroxyl groups excluding tert-OH is 1. The molecule has 0 unspecified atom stereocenters. The summed E-state index contributed by atoms with van der Waals surface area (Å²) in [6, 6.07) is 4.00. The second-order valence-electron chi connectivity index (χ2n) is 9.05. The number of aliphatic hydroxyl groups is 1. The second-order valence-corrected chi connectivity index (χ2v) is 11.0. The van der Waals surface area contributed by atoms with Crippen molar-refractivity contribution >= 4 is 28.2 Å². The van der Waals surface area contributed by atoms with Gasteiger partial charge in [0.2, 0.25) is 10.0 Å². The summed E-state index contributed by atoms with van der Waals surface area (Å²) in [5, 5.41) is 19.1. The summed E-state index contributed by atoms with van der Waals surface area (Å²) < 4.78 is 34.9. The molecule has 2 heterocycles. The zero-order valence-corrected chi connectivity index (χ0v) is 23.3. The number of hydrogen-bond donors (Lipinski definition) is 3. The molecule has 0 radical (unpaired) electrons. The van der Waals surface area contributed by atoms with E-state index in [9.17, 15) is 27.9 Å². The molecule has 0 saturated carbocycles. The van der Waals surface area contributed by atoms with Crippen LogP contribution in [0, 0.1) is 0 Å². The fraction of sp³-hybridized carbons (Fsp3) is 0.500. The van der Waals surface area contributed by atoms with Crippen LogP contribution in [0.15, 0.2) is 23.1 Å². The lowest BCUT2D eigenvalue weighted by atomic mass is 10.1. The molecule has 1 aliphatic rings. The van der Waals surface area contributed by atoms with E-state index in [0.717, 1.165) is 4.68 Å². The molecule has 12 nitrogen and oxygen atoms in total. The first kappa shape index (κ1) is 30.3. The van der Waals surface area contributed by atoms with Crippen molar-refractivity contribution in [3.05, 3.63) is 46.3 Å². The third-order valence-corrected chi connectivity index (χ3v) is 8.56. The van der Waals surface area contributed by atoms with Gasteiger partial charge in [0.15, 0.2) is 12.0 Å². The van der Waals surface area contributed by atoms with Gasteiger partial charge in [-0.1, -0.05) is 20.3 Å². The monoisotopic (exact) mass is 564 g/mol. The number of sulfonamides is 1. The van der Waals surface area contributed by atoms with E-state index >= 15 is 0 Å². The van der Waals surface area contributed by atoms with Crippen molar-refractivity contribution < 1.29 is 37.8 Å². The fourth-order valence-electron chi connectivity index (χ4n) is 4.79. The third kappa shape index (κ3) is 6.32. The van der Waals surface area contributed by atoms with E-state index in [0.29, 0.717) is 50.0 Å². The number of carbonyl (C=O) groups excluding carboxylic acids is 2. The number of amides is 1. The zero-order valence-electron chi connectivity index (χ0n) is 22.5. The van der Waals surface area contributed by atoms with Crippen molar-refractivity contribution in [1.82, 2.24) is 13.9 Å². The van der Waals surface area contributed by atoms with Crippen LogP contribution in [0.5, 0.6) is 5.75 Å². The smallest absolute Gasteiger partial charge is 0.354 e. The number of nitrogens with one attached hydrogen (secondary N) is 1. The van der Waals surface area contributed by atoms with E-state index in [2.05, 4.69) is 5.43 Å². The van der Waals surface area contributed by atoms with Crippen molar-refractivity contribution in [2.75, 3.05) is 51.4 Å². The Morgan fingerprint density at radius 1 is 1.13 bits per heavy atom. The number of carboxylic acids is 1. The molecule has 39 heavy (non-hydrogen) atoms. The maximum Gasteiger partial charge on any atom is 0.354 e. The van der Waals surface area contributed by atoms with Crippen molar-refractivity contribution in [2.45, 2.75) is 44.9 Å². The second kappa shape index (κ2) is 13.2. The quantitative estimate of drug-likeness (QED) is 0.307. The predicted octanol–water partition coefficient (Wildman–Crippen LogP) is 1.59. The zero-order chi connectivity index (χ0) is 28.7. The molecule has 1 aliphatic heterocycles. The summed E-state index contributed by atoms with van der Waals surface area (Å²) in [7, 11) is -3.95. The highest BCUT2D eigenvalue weighted by Gasteiger charge is 2.31. The number of piperazine rings is 1. The van der Waals surface area contributed by atoms with Crippen molar-refractivity contribution in [2.24, 2.45) is 0 Å². The van der Waals surface area contributed by atoms with E-state index in [1.165, 1.54) is 22.5 Å². The number of aromatic carboxylic acids is 1. The first-order valence-corrected chi connectivity index (χ1v) is 14.4. The first-order valence-electron chi connectivity index (χ1n) is 13.0. The van der Waals surface area contributed by atoms with Gasteiger partial charge in [-0.3, -0.25) is 19.9 Å². The van der Waals surface area contributed by atoms with E-state index in [1.54, 1.807) is 13.8 Å². The van der Waals surface area contributed by atoms with Crippen LogP contribution in [0.4, 0.5) is 0 Å².